The fourth-order valence-electron chi connectivity index (χ4n) is 1.31. The summed E-state index contributed by atoms with van der Waals surface area (Å²) in [5.74, 6) is -0.0442. The minimum absolute atomic E-state index is 0.250. The van der Waals surface area contributed by atoms with Gasteiger partial charge in [-0.15, -0.1) is 0 Å². The first-order valence-corrected chi connectivity index (χ1v) is 7.86. The second-order valence-corrected chi connectivity index (χ2v) is 6.06. The third kappa shape index (κ3) is 5.90. The number of para-hydroxylation sites is 1. The van der Waals surface area contributed by atoms with E-state index in [1.54, 1.807) is 45.0 Å². The number of carbonyl (C=O) groups is 1. The molecule has 0 aromatic heterocycles. The molecule has 0 radical (unpaired) electrons. The van der Waals surface area contributed by atoms with Gasteiger partial charge in [0.2, 0.25) is 0 Å². The third-order valence-corrected chi connectivity index (χ3v) is 3.40. The average Bonchev–Trinajstić information content (AvgIpc) is 2.38. The lowest BCUT2D eigenvalue weighted by Gasteiger charge is -2.20. The maximum atomic E-state index is 11.9. The molecular weight excluding hydrogens is 265 g/mol. The van der Waals surface area contributed by atoms with Crippen LogP contribution in [0.4, 0.5) is 0 Å². The Balaban J connectivity index is 2.74. The molecule has 1 N–H and O–H groups in total. The van der Waals surface area contributed by atoms with E-state index in [9.17, 15) is 9.36 Å². The summed E-state index contributed by atoms with van der Waals surface area (Å²) >= 11 is 0. The van der Waals surface area contributed by atoms with Gasteiger partial charge in [0.1, 0.15) is 13.7 Å². The first kappa shape index (κ1) is 15.7. The van der Waals surface area contributed by atoms with Gasteiger partial charge in [-0.05, 0) is 26.0 Å². The highest BCUT2D eigenvalue weighted by atomic mass is 31.1. The summed E-state index contributed by atoms with van der Waals surface area (Å²) in [7, 11) is -2.05. The number of esters is 1. The van der Waals surface area contributed by atoms with Crippen LogP contribution in [0, 0.1) is 0 Å². The van der Waals surface area contributed by atoms with Crippen LogP contribution >= 0.6 is 7.95 Å². The van der Waals surface area contributed by atoms with Crippen LogP contribution in [-0.4, -0.2) is 24.5 Å². The third-order valence-electron chi connectivity index (χ3n) is 2.18. The van der Waals surface area contributed by atoms with Crippen LogP contribution in [0.25, 0.3) is 0 Å². The molecule has 5 nitrogen and oxygen atoms in total. The Bertz CT molecular complexity index is 422. The molecule has 2 atom stereocenters. The van der Waals surface area contributed by atoms with Crippen molar-refractivity contribution in [2.75, 3.05) is 6.16 Å². The van der Waals surface area contributed by atoms with Gasteiger partial charge < -0.3 is 14.0 Å². The molecule has 0 saturated carbocycles. The Morgan fingerprint density at radius 2 is 1.95 bits per heavy atom. The maximum absolute atomic E-state index is 11.9. The molecule has 0 aliphatic carbocycles. The van der Waals surface area contributed by atoms with E-state index >= 15 is 0 Å². The van der Waals surface area contributed by atoms with E-state index in [0.29, 0.717) is 11.9 Å². The highest BCUT2D eigenvalue weighted by Gasteiger charge is 2.24. The van der Waals surface area contributed by atoms with Gasteiger partial charge in [-0.2, -0.15) is 0 Å². The summed E-state index contributed by atoms with van der Waals surface area (Å²) in [4.78, 5) is 11.9. The van der Waals surface area contributed by atoms with Crippen LogP contribution in [-0.2, 0) is 14.1 Å². The van der Waals surface area contributed by atoms with Gasteiger partial charge in [0, 0.05) is 6.16 Å². The molecule has 6 heteroatoms. The zero-order valence-corrected chi connectivity index (χ0v) is 12.4. The van der Waals surface area contributed by atoms with E-state index in [1.165, 1.54) is 0 Å². The molecule has 1 aromatic carbocycles. The van der Waals surface area contributed by atoms with Crippen molar-refractivity contribution >= 4 is 13.9 Å². The molecule has 1 rings (SSSR count). The van der Waals surface area contributed by atoms with Crippen LogP contribution in [0.3, 0.4) is 0 Å². The summed E-state index contributed by atoms with van der Waals surface area (Å²) in [6.07, 6.45) is -0.842. The largest absolute Gasteiger partial charge is 0.464 e. The summed E-state index contributed by atoms with van der Waals surface area (Å²) < 4.78 is 22.2. The lowest BCUT2D eigenvalue weighted by Crippen LogP contribution is -2.40. The summed E-state index contributed by atoms with van der Waals surface area (Å²) in [6.45, 7) is 5.28. The number of hydrogen-bond acceptors (Lipinski definition) is 4. The predicted octanol–water partition coefficient (Wildman–Crippen LogP) is 2.43. The molecular formula is C13H20NO4P. The molecule has 0 amide bonds. The number of ether oxygens (including phenoxy) is 2. The van der Waals surface area contributed by atoms with Crippen molar-refractivity contribution < 1.29 is 18.8 Å². The highest BCUT2D eigenvalue weighted by Crippen LogP contribution is 2.18. The van der Waals surface area contributed by atoms with Gasteiger partial charge in [0.25, 0.3) is 6.23 Å². The number of hydrogen-bond donors (Lipinski definition) is 1. The molecule has 1 aromatic rings. The Morgan fingerprint density at radius 3 is 2.47 bits per heavy atom. The summed E-state index contributed by atoms with van der Waals surface area (Å²) in [6, 6.07) is 8.88. The van der Waals surface area contributed by atoms with Gasteiger partial charge in [-0.1, -0.05) is 25.1 Å². The molecule has 0 saturated heterocycles. The van der Waals surface area contributed by atoms with Crippen LogP contribution in [0.15, 0.2) is 30.3 Å². The van der Waals surface area contributed by atoms with Crippen molar-refractivity contribution in [1.29, 1.82) is 0 Å². The number of rotatable bonds is 7. The molecule has 0 aliphatic rings. The Labute approximate surface area is 114 Å². The van der Waals surface area contributed by atoms with Crippen molar-refractivity contribution in [3.63, 3.8) is 0 Å². The van der Waals surface area contributed by atoms with Crippen LogP contribution < -0.4 is 9.82 Å². The monoisotopic (exact) mass is 285 g/mol. The Hall–Kier alpha value is -1.32. The van der Waals surface area contributed by atoms with Crippen LogP contribution in [0.1, 0.15) is 20.8 Å². The summed E-state index contributed by atoms with van der Waals surface area (Å²) in [5, 5.41) is 2.67. The molecule has 0 aliphatic heterocycles. The van der Waals surface area contributed by atoms with Gasteiger partial charge in [-0.25, -0.2) is 9.88 Å². The van der Waals surface area contributed by atoms with E-state index < -0.39 is 20.1 Å². The fraction of sp³-hybridized carbons (Fsp3) is 0.462. The van der Waals surface area contributed by atoms with E-state index in [0.717, 1.165) is 0 Å². The van der Waals surface area contributed by atoms with E-state index in [2.05, 4.69) is 5.09 Å². The molecule has 19 heavy (non-hydrogen) atoms. The van der Waals surface area contributed by atoms with Crippen molar-refractivity contribution in [1.82, 2.24) is 5.09 Å². The lowest BCUT2D eigenvalue weighted by atomic mass is 10.3. The molecule has 0 bridgehead atoms. The average molecular weight is 285 g/mol. The predicted molar refractivity (Wildman–Crippen MR) is 74.8 cm³/mol. The zero-order valence-electron chi connectivity index (χ0n) is 11.4. The zero-order chi connectivity index (χ0) is 14.3. The van der Waals surface area contributed by atoms with Crippen molar-refractivity contribution in [2.45, 2.75) is 33.1 Å². The number of carbonyl (C=O) groups excluding carboxylic acids is 1. The van der Waals surface area contributed by atoms with Crippen molar-refractivity contribution in [2.24, 2.45) is 0 Å². The van der Waals surface area contributed by atoms with Gasteiger partial charge >= 0.3 is 5.97 Å². The molecule has 0 spiro atoms. The maximum Gasteiger partial charge on any atom is 0.363 e. The second kappa shape index (κ2) is 7.97. The fourth-order valence-corrected chi connectivity index (χ4v) is 1.99. The number of benzene rings is 1. The van der Waals surface area contributed by atoms with E-state index in [1.807, 2.05) is 6.07 Å². The first-order valence-electron chi connectivity index (χ1n) is 6.24. The quantitative estimate of drug-likeness (QED) is 0.473. The minimum atomic E-state index is -2.05. The second-order valence-electron chi connectivity index (χ2n) is 4.22. The van der Waals surface area contributed by atoms with Crippen LogP contribution in [0.2, 0.25) is 0 Å². The van der Waals surface area contributed by atoms with E-state index in [4.69, 9.17) is 9.47 Å². The van der Waals surface area contributed by atoms with Crippen molar-refractivity contribution in [3.05, 3.63) is 30.3 Å². The van der Waals surface area contributed by atoms with Crippen LogP contribution in [0.5, 0.6) is 5.75 Å². The normalized spacial score (nSPS) is 13.9. The lowest BCUT2D eigenvalue weighted by molar-refractivity contribution is -0.156. The summed E-state index contributed by atoms with van der Waals surface area (Å²) in [5.41, 5.74) is 0. The molecule has 0 heterocycles. The first-order chi connectivity index (χ1) is 9.02. The Morgan fingerprint density at radius 1 is 1.32 bits per heavy atom. The van der Waals surface area contributed by atoms with Crippen molar-refractivity contribution in [3.8, 4) is 5.75 Å². The number of nitrogens with one attached hydrogen (secondary N) is 1. The SMILES string of the molecule is CC[PH](=O)N[C@@H](Oc1ccccc1)C(=O)OC(C)C. The topological polar surface area (TPSA) is 64.6 Å². The van der Waals surface area contributed by atoms with Gasteiger partial charge in [0.05, 0.1) is 6.10 Å². The van der Waals surface area contributed by atoms with E-state index in [-0.39, 0.29) is 6.10 Å². The molecule has 1 unspecified atom stereocenters. The Kier molecular flexibility index (Phi) is 6.60. The van der Waals surface area contributed by atoms with Gasteiger partial charge in [-0.3, -0.25) is 0 Å². The molecule has 106 valence electrons. The van der Waals surface area contributed by atoms with Gasteiger partial charge in [0.15, 0.2) is 0 Å². The molecule has 0 fully saturated rings. The smallest absolute Gasteiger partial charge is 0.363 e. The standard InChI is InChI=1S/C13H20NO4P/c1-4-19(16)14-12(13(15)17-10(2)3)18-11-8-6-5-7-9-11/h5-10,12,19H,4H2,1-3H3,(H,14,16)/t12-/m0/s1. The highest BCUT2D eigenvalue weighted by molar-refractivity contribution is 7.42. The minimum Gasteiger partial charge on any atom is -0.464 e.